The van der Waals surface area contributed by atoms with E-state index in [2.05, 4.69) is 16.0 Å². The van der Waals surface area contributed by atoms with Crippen LogP contribution in [0.2, 0.25) is 5.32 Å². The van der Waals surface area contributed by atoms with E-state index in [0.29, 0.717) is 6.04 Å². The van der Waals surface area contributed by atoms with Crippen molar-refractivity contribution in [2.45, 2.75) is 18.3 Å². The Morgan fingerprint density at radius 3 is 2.20 bits per heavy atom. The summed E-state index contributed by atoms with van der Waals surface area (Å²) in [6.07, 6.45) is 0. The maximum atomic E-state index is 5.28. The molecule has 1 nitrogen and oxygen atoms in total. The maximum absolute atomic E-state index is 5.28. The fourth-order valence-corrected chi connectivity index (χ4v) is 0. The quantitative estimate of drug-likeness (QED) is 0.492. The molecule has 0 aliphatic rings. The van der Waals surface area contributed by atoms with Crippen molar-refractivity contribution >= 4 is 16.0 Å². The number of hydrogen-bond acceptors (Lipinski definition) is 1. The molecular weight excluding hydrogens is 129 g/mol. The third-order valence-corrected chi connectivity index (χ3v) is 1.50. The zero-order valence-corrected chi connectivity index (χ0v) is 5.19. The fraction of sp³-hybridized carbons (Fsp3) is 1.00. The van der Waals surface area contributed by atoms with E-state index >= 15 is 0 Å². The number of rotatable bonds is 1. The number of hydrogen-bond donors (Lipinski definition) is 1. The van der Waals surface area contributed by atoms with Crippen LogP contribution in [0.25, 0.3) is 0 Å². The third kappa shape index (κ3) is 4.48. The van der Waals surface area contributed by atoms with Gasteiger partial charge in [0.25, 0.3) is 0 Å². The van der Waals surface area contributed by atoms with Crippen LogP contribution in [0.15, 0.2) is 0 Å². The molecule has 0 rings (SSSR count). The molecule has 0 aromatic carbocycles. The normalized spacial score (nSPS) is 15.0. The first-order valence-corrected chi connectivity index (χ1v) is 2.96. The Bertz CT molecular complexity index is 20.9. The van der Waals surface area contributed by atoms with Crippen LogP contribution in [0.3, 0.4) is 0 Å². The molecule has 1 unspecified atom stereocenters. The molecule has 0 fully saturated rings. The molecule has 2 heteroatoms. The van der Waals surface area contributed by atoms with Gasteiger partial charge in [-0.2, -0.15) is 0 Å². The third-order valence-electron chi connectivity index (χ3n) is 0.288. The Hall–Kier alpha value is 0.479. The van der Waals surface area contributed by atoms with Crippen LogP contribution in [-0.4, -0.2) is 22.1 Å². The molecule has 32 valence electrons. The van der Waals surface area contributed by atoms with Gasteiger partial charge in [0.1, 0.15) is 0 Å². The zero-order valence-electron chi connectivity index (χ0n) is 3.31. The van der Waals surface area contributed by atoms with E-state index in [1.165, 1.54) is 0 Å². The summed E-state index contributed by atoms with van der Waals surface area (Å²) in [6.45, 7) is 1.98. The fourth-order valence-electron chi connectivity index (χ4n) is 0. The van der Waals surface area contributed by atoms with Gasteiger partial charge in [0, 0.05) is 0 Å². The van der Waals surface area contributed by atoms with E-state index in [9.17, 15) is 0 Å². The molecule has 0 heterocycles. The first-order valence-electron chi connectivity index (χ1n) is 1.64. The van der Waals surface area contributed by atoms with Crippen LogP contribution in [-0.2, 0) is 0 Å². The molecule has 0 bridgehead atoms. The first-order chi connectivity index (χ1) is 2.27. The van der Waals surface area contributed by atoms with Gasteiger partial charge in [-0.15, -0.1) is 0 Å². The van der Waals surface area contributed by atoms with E-state index < -0.39 is 0 Å². The van der Waals surface area contributed by atoms with Gasteiger partial charge >= 0.3 is 40.0 Å². The van der Waals surface area contributed by atoms with Gasteiger partial charge in [0.15, 0.2) is 0 Å². The van der Waals surface area contributed by atoms with Gasteiger partial charge in [-0.1, -0.05) is 0 Å². The molecule has 0 aromatic rings. The second kappa shape index (κ2) is 2.70. The second-order valence-corrected chi connectivity index (χ2v) is 1.93. The Morgan fingerprint density at radius 1 is 2.00 bits per heavy atom. The summed E-state index contributed by atoms with van der Waals surface area (Å²) in [4.78, 5) is 0. The van der Waals surface area contributed by atoms with Crippen molar-refractivity contribution in [1.29, 1.82) is 0 Å². The summed E-state index contributed by atoms with van der Waals surface area (Å²) >= 11 is 2.45. The molecule has 0 aliphatic carbocycles. The summed E-state index contributed by atoms with van der Waals surface area (Å²) in [5, 5.41) is 1.02. The second-order valence-electron chi connectivity index (χ2n) is 1.16. The predicted octanol–water partition coefficient (Wildman–Crippen LogP) is -0.347. The molecule has 0 radical (unpaired) electrons. The minimum atomic E-state index is 0.356. The van der Waals surface area contributed by atoms with Crippen LogP contribution >= 0.6 is 0 Å². The molecule has 2 N–H and O–H groups in total. The summed E-state index contributed by atoms with van der Waals surface area (Å²) in [7, 11) is 0. The predicted molar refractivity (Wildman–Crippen MR) is 25.6 cm³/mol. The van der Waals surface area contributed by atoms with Gasteiger partial charge in [-0.3, -0.25) is 0 Å². The first kappa shape index (κ1) is 5.48. The van der Waals surface area contributed by atoms with Crippen LogP contribution in [0.5, 0.6) is 0 Å². The van der Waals surface area contributed by atoms with Crippen molar-refractivity contribution in [1.82, 2.24) is 0 Å². The van der Waals surface area contributed by atoms with E-state index in [1.54, 1.807) is 0 Å². The molecule has 0 amide bonds. The van der Waals surface area contributed by atoms with Crippen molar-refractivity contribution in [3.8, 4) is 0 Å². The van der Waals surface area contributed by atoms with Gasteiger partial charge in [-0.05, 0) is 0 Å². The van der Waals surface area contributed by atoms with E-state index in [0.717, 1.165) is 5.32 Å². The average molecular weight is 138 g/mol. The van der Waals surface area contributed by atoms with Gasteiger partial charge in [-0.25, -0.2) is 0 Å². The summed E-state index contributed by atoms with van der Waals surface area (Å²) < 4.78 is 0. The van der Waals surface area contributed by atoms with E-state index in [4.69, 9.17) is 5.73 Å². The Morgan fingerprint density at radius 2 is 2.20 bits per heavy atom. The molecule has 0 spiro atoms. The van der Waals surface area contributed by atoms with Gasteiger partial charge in [0.2, 0.25) is 0 Å². The van der Waals surface area contributed by atoms with Crippen LogP contribution in [0.1, 0.15) is 6.92 Å². The summed E-state index contributed by atoms with van der Waals surface area (Å²) in [5.41, 5.74) is 5.28. The van der Waals surface area contributed by atoms with E-state index in [-0.39, 0.29) is 0 Å². The van der Waals surface area contributed by atoms with Crippen molar-refractivity contribution in [2.24, 2.45) is 5.73 Å². The summed E-state index contributed by atoms with van der Waals surface area (Å²) in [5.74, 6) is 0. The Kier molecular flexibility index (Phi) is 2.96. The SMILES string of the molecule is CC(N)C[SeH]. The standard InChI is InChI=1S/C3H9NSe/c1-3(4)2-5/h3,5H,2,4H2,1H3. The minimum absolute atomic E-state index is 0.356. The average Bonchev–Trinajstić information content (AvgIpc) is 1.38. The van der Waals surface area contributed by atoms with Crippen molar-refractivity contribution in [3.05, 3.63) is 0 Å². The van der Waals surface area contributed by atoms with Crippen molar-refractivity contribution < 1.29 is 0 Å². The van der Waals surface area contributed by atoms with Crippen LogP contribution in [0.4, 0.5) is 0 Å². The van der Waals surface area contributed by atoms with Crippen molar-refractivity contribution in [3.63, 3.8) is 0 Å². The Balaban J connectivity index is 2.54. The van der Waals surface area contributed by atoms with E-state index in [1.807, 2.05) is 6.92 Å². The Labute approximate surface area is 40.7 Å². The van der Waals surface area contributed by atoms with Crippen LogP contribution < -0.4 is 5.73 Å². The topological polar surface area (TPSA) is 26.0 Å². The monoisotopic (exact) mass is 139 g/mol. The molecule has 0 aliphatic heterocycles. The molecular formula is C3H9NSe. The molecule has 0 saturated carbocycles. The van der Waals surface area contributed by atoms with Crippen molar-refractivity contribution in [2.75, 3.05) is 0 Å². The van der Waals surface area contributed by atoms with Gasteiger partial charge < -0.3 is 0 Å². The summed E-state index contributed by atoms with van der Waals surface area (Å²) in [6, 6.07) is 0.356. The molecule has 0 aromatic heterocycles. The zero-order chi connectivity index (χ0) is 4.28. The van der Waals surface area contributed by atoms with Crippen LogP contribution in [0, 0.1) is 0 Å². The molecule has 5 heavy (non-hydrogen) atoms. The molecule has 0 saturated heterocycles. The number of nitrogens with two attached hydrogens (primary N) is 1. The van der Waals surface area contributed by atoms with Gasteiger partial charge in [0.05, 0.1) is 0 Å². The molecule has 1 atom stereocenters.